The highest BCUT2D eigenvalue weighted by molar-refractivity contribution is 4.93. The van der Waals surface area contributed by atoms with E-state index >= 15 is 0 Å². The van der Waals surface area contributed by atoms with Crippen molar-refractivity contribution in [1.82, 2.24) is 20.4 Å². The highest BCUT2D eigenvalue weighted by Gasteiger charge is 2.24. The molecule has 1 N–H and O–H groups in total. The zero-order chi connectivity index (χ0) is 10.7. The number of hydrogen-bond acceptors (Lipinski definition) is 6. The number of nitrogens with one attached hydrogen (secondary N) is 1. The van der Waals surface area contributed by atoms with E-state index in [1.165, 1.54) is 0 Å². The number of ether oxygens (including phenoxy) is 1. The maximum Gasteiger partial charge on any atom is 0.240 e. The lowest BCUT2D eigenvalue weighted by molar-refractivity contribution is -0.0264. The van der Waals surface area contributed by atoms with Crippen LogP contribution in [0.4, 0.5) is 0 Å². The standard InChI is InChI=1S/C9H16N4O2/c1-10-5-8-11-9(12-15-8)7-6-13(2)3-4-14-7/h7,10H,3-6H2,1-2H3. The van der Waals surface area contributed by atoms with E-state index in [0.717, 1.165) is 19.7 Å². The van der Waals surface area contributed by atoms with Crippen molar-refractivity contribution in [2.24, 2.45) is 0 Å². The summed E-state index contributed by atoms with van der Waals surface area (Å²) in [5.74, 6) is 1.25. The fourth-order valence-corrected chi connectivity index (χ4v) is 1.56. The molecule has 0 amide bonds. The normalized spacial score (nSPS) is 23.2. The van der Waals surface area contributed by atoms with E-state index in [1.807, 2.05) is 7.05 Å². The first-order chi connectivity index (χ1) is 7.29. The van der Waals surface area contributed by atoms with Crippen molar-refractivity contribution in [3.63, 3.8) is 0 Å². The Morgan fingerprint density at radius 3 is 3.20 bits per heavy atom. The molecule has 1 unspecified atom stereocenters. The van der Waals surface area contributed by atoms with Gasteiger partial charge in [-0.15, -0.1) is 0 Å². The highest BCUT2D eigenvalue weighted by atomic mass is 16.5. The first-order valence-electron chi connectivity index (χ1n) is 5.07. The molecule has 0 aromatic carbocycles. The fourth-order valence-electron chi connectivity index (χ4n) is 1.56. The minimum Gasteiger partial charge on any atom is -0.367 e. The van der Waals surface area contributed by atoms with Gasteiger partial charge in [0.2, 0.25) is 11.7 Å². The quantitative estimate of drug-likeness (QED) is 0.748. The largest absolute Gasteiger partial charge is 0.367 e. The van der Waals surface area contributed by atoms with Crippen LogP contribution in [-0.4, -0.2) is 48.8 Å². The monoisotopic (exact) mass is 212 g/mol. The van der Waals surface area contributed by atoms with Crippen molar-refractivity contribution in [2.75, 3.05) is 33.8 Å². The predicted octanol–water partition coefficient (Wildman–Crippen LogP) is -0.208. The highest BCUT2D eigenvalue weighted by Crippen LogP contribution is 2.18. The number of hydrogen-bond donors (Lipinski definition) is 1. The van der Waals surface area contributed by atoms with Crippen molar-refractivity contribution < 1.29 is 9.26 Å². The third-order valence-electron chi connectivity index (χ3n) is 2.37. The van der Waals surface area contributed by atoms with Crippen LogP contribution < -0.4 is 5.32 Å². The van der Waals surface area contributed by atoms with Crippen molar-refractivity contribution in [3.05, 3.63) is 11.7 Å². The van der Waals surface area contributed by atoms with E-state index in [4.69, 9.17) is 9.26 Å². The van der Waals surface area contributed by atoms with Gasteiger partial charge in [0.1, 0.15) is 6.10 Å². The van der Waals surface area contributed by atoms with E-state index in [1.54, 1.807) is 0 Å². The Balaban J connectivity index is 2.01. The van der Waals surface area contributed by atoms with Crippen LogP contribution >= 0.6 is 0 Å². The van der Waals surface area contributed by atoms with E-state index in [-0.39, 0.29) is 6.10 Å². The summed E-state index contributed by atoms with van der Waals surface area (Å²) in [5.41, 5.74) is 0. The second-order valence-corrected chi connectivity index (χ2v) is 3.70. The molecule has 1 aromatic heterocycles. The smallest absolute Gasteiger partial charge is 0.240 e. The van der Waals surface area contributed by atoms with E-state index in [2.05, 4.69) is 27.4 Å². The fraction of sp³-hybridized carbons (Fsp3) is 0.778. The number of morpholine rings is 1. The average Bonchev–Trinajstić information content (AvgIpc) is 2.67. The van der Waals surface area contributed by atoms with Crippen LogP contribution in [0.3, 0.4) is 0 Å². The first kappa shape index (κ1) is 10.5. The molecule has 15 heavy (non-hydrogen) atoms. The van der Waals surface area contributed by atoms with Crippen LogP contribution in [0.15, 0.2) is 4.52 Å². The van der Waals surface area contributed by atoms with Crippen LogP contribution in [0.2, 0.25) is 0 Å². The van der Waals surface area contributed by atoms with Gasteiger partial charge in [-0.25, -0.2) is 0 Å². The molecule has 1 fully saturated rings. The third-order valence-corrected chi connectivity index (χ3v) is 2.37. The number of aromatic nitrogens is 2. The molecule has 6 heteroatoms. The molecule has 1 atom stereocenters. The lowest BCUT2D eigenvalue weighted by Gasteiger charge is -2.27. The van der Waals surface area contributed by atoms with E-state index in [0.29, 0.717) is 18.3 Å². The summed E-state index contributed by atoms with van der Waals surface area (Å²) in [6.45, 7) is 3.09. The van der Waals surface area contributed by atoms with Crippen molar-refractivity contribution in [1.29, 1.82) is 0 Å². The molecule has 6 nitrogen and oxygen atoms in total. The van der Waals surface area contributed by atoms with Gasteiger partial charge in [0.05, 0.1) is 13.2 Å². The number of nitrogens with zero attached hydrogens (tertiary/aromatic N) is 3. The third kappa shape index (κ3) is 2.53. The minimum atomic E-state index is -0.0573. The van der Waals surface area contributed by atoms with Gasteiger partial charge in [-0.3, -0.25) is 0 Å². The Kier molecular flexibility index (Phi) is 3.30. The Bertz CT molecular complexity index is 315. The lowest BCUT2D eigenvalue weighted by atomic mass is 10.3. The van der Waals surface area contributed by atoms with Crippen LogP contribution in [-0.2, 0) is 11.3 Å². The van der Waals surface area contributed by atoms with Gasteiger partial charge < -0.3 is 19.5 Å². The van der Waals surface area contributed by atoms with Crippen LogP contribution in [0.1, 0.15) is 17.8 Å². The summed E-state index contributed by atoms with van der Waals surface area (Å²) < 4.78 is 10.7. The molecule has 0 bridgehead atoms. The minimum absolute atomic E-state index is 0.0573. The van der Waals surface area contributed by atoms with Gasteiger partial charge in [0.25, 0.3) is 0 Å². The summed E-state index contributed by atoms with van der Waals surface area (Å²) >= 11 is 0. The molecule has 2 heterocycles. The summed E-state index contributed by atoms with van der Waals surface area (Å²) in [5, 5.41) is 6.88. The molecule has 84 valence electrons. The molecule has 0 aliphatic carbocycles. The molecule has 1 aliphatic heterocycles. The first-order valence-corrected chi connectivity index (χ1v) is 5.07. The molecular formula is C9H16N4O2. The molecule has 1 aromatic rings. The average molecular weight is 212 g/mol. The SMILES string of the molecule is CNCc1nc(C2CN(C)CCO2)no1. The Morgan fingerprint density at radius 2 is 2.47 bits per heavy atom. The van der Waals surface area contributed by atoms with Crippen LogP contribution in [0.25, 0.3) is 0 Å². The summed E-state index contributed by atoms with van der Waals surface area (Å²) in [7, 11) is 3.90. The molecule has 0 radical (unpaired) electrons. The van der Waals surface area contributed by atoms with Crippen LogP contribution in [0.5, 0.6) is 0 Å². The maximum atomic E-state index is 5.58. The Morgan fingerprint density at radius 1 is 1.60 bits per heavy atom. The van der Waals surface area contributed by atoms with Gasteiger partial charge >= 0.3 is 0 Å². The second-order valence-electron chi connectivity index (χ2n) is 3.70. The Labute approximate surface area is 88.6 Å². The van der Waals surface area contributed by atoms with Crippen molar-refractivity contribution in [3.8, 4) is 0 Å². The predicted molar refractivity (Wildman–Crippen MR) is 53.3 cm³/mol. The van der Waals surface area contributed by atoms with Gasteiger partial charge in [0, 0.05) is 13.1 Å². The lowest BCUT2D eigenvalue weighted by Crippen LogP contribution is -2.35. The Hall–Kier alpha value is -0.980. The summed E-state index contributed by atoms with van der Waals surface area (Å²) in [6.07, 6.45) is -0.0573. The molecule has 1 aliphatic rings. The molecule has 0 spiro atoms. The van der Waals surface area contributed by atoms with Gasteiger partial charge in [-0.1, -0.05) is 5.16 Å². The van der Waals surface area contributed by atoms with Crippen molar-refractivity contribution >= 4 is 0 Å². The topological polar surface area (TPSA) is 63.4 Å². The summed E-state index contributed by atoms with van der Waals surface area (Å²) in [6, 6.07) is 0. The van der Waals surface area contributed by atoms with E-state index in [9.17, 15) is 0 Å². The van der Waals surface area contributed by atoms with Crippen molar-refractivity contribution in [2.45, 2.75) is 12.6 Å². The zero-order valence-corrected chi connectivity index (χ0v) is 9.06. The van der Waals surface area contributed by atoms with Gasteiger partial charge in [0.15, 0.2) is 0 Å². The summed E-state index contributed by atoms with van der Waals surface area (Å²) in [4.78, 5) is 6.46. The molecular weight excluding hydrogens is 196 g/mol. The van der Waals surface area contributed by atoms with Crippen LogP contribution in [0, 0.1) is 0 Å². The number of likely N-dealkylation sites (N-methyl/N-ethyl adjacent to an activating group) is 1. The number of rotatable bonds is 3. The maximum absolute atomic E-state index is 5.58. The second kappa shape index (κ2) is 4.69. The van der Waals surface area contributed by atoms with E-state index < -0.39 is 0 Å². The van der Waals surface area contributed by atoms with Gasteiger partial charge in [-0.2, -0.15) is 4.98 Å². The molecule has 1 saturated heterocycles. The molecule has 2 rings (SSSR count). The zero-order valence-electron chi connectivity index (χ0n) is 9.06. The van der Waals surface area contributed by atoms with Gasteiger partial charge in [-0.05, 0) is 14.1 Å². The molecule has 0 saturated carbocycles.